The summed E-state index contributed by atoms with van der Waals surface area (Å²) in [5.74, 6) is 0. The average Bonchev–Trinajstić information content (AvgIpc) is 2.20. The smallest absolute Gasteiger partial charge is 0.173 e. The van der Waals surface area contributed by atoms with Crippen LogP contribution >= 0.6 is 15.9 Å². The minimum absolute atomic E-state index is 0.0955. The molecule has 0 fully saturated rings. The summed E-state index contributed by atoms with van der Waals surface area (Å²) in [5, 5.41) is 0. The highest BCUT2D eigenvalue weighted by Crippen LogP contribution is 2.22. The highest BCUT2D eigenvalue weighted by atomic mass is 79.9. The third-order valence-electron chi connectivity index (χ3n) is 1.92. The van der Waals surface area contributed by atoms with Crippen molar-refractivity contribution in [3.05, 3.63) is 34.3 Å². The molecule has 0 aliphatic carbocycles. The zero-order chi connectivity index (χ0) is 9.10. The Kier molecular flexibility index (Phi) is 2.76. The summed E-state index contributed by atoms with van der Waals surface area (Å²) in [6.45, 7) is 0.768. The van der Waals surface area contributed by atoms with Crippen molar-refractivity contribution >= 4 is 22.1 Å². The highest BCUT2D eigenvalue weighted by molar-refractivity contribution is 9.10. The minimum atomic E-state index is -0.0955. The van der Waals surface area contributed by atoms with Crippen molar-refractivity contribution in [2.45, 2.75) is 12.6 Å². The molecule has 13 heavy (non-hydrogen) atoms. The molecule has 0 amide bonds. The molecule has 0 aromatic heterocycles. The average molecular weight is 240 g/mol. The second kappa shape index (κ2) is 4.03. The SMILES string of the molecule is Brc1ccc(C2N=CCCO2)cc1. The van der Waals surface area contributed by atoms with E-state index in [1.807, 2.05) is 30.5 Å². The number of ether oxygens (including phenoxy) is 1. The van der Waals surface area contributed by atoms with Gasteiger partial charge in [0.2, 0.25) is 0 Å². The van der Waals surface area contributed by atoms with E-state index < -0.39 is 0 Å². The lowest BCUT2D eigenvalue weighted by molar-refractivity contribution is 0.0565. The number of hydrogen-bond acceptors (Lipinski definition) is 2. The summed E-state index contributed by atoms with van der Waals surface area (Å²) in [6, 6.07) is 8.06. The summed E-state index contributed by atoms with van der Waals surface area (Å²) < 4.78 is 6.57. The van der Waals surface area contributed by atoms with Gasteiger partial charge in [-0.05, 0) is 12.1 Å². The van der Waals surface area contributed by atoms with Gasteiger partial charge >= 0.3 is 0 Å². The van der Waals surface area contributed by atoms with E-state index in [1.165, 1.54) is 0 Å². The van der Waals surface area contributed by atoms with E-state index in [-0.39, 0.29) is 6.23 Å². The number of rotatable bonds is 1. The second-order valence-electron chi connectivity index (χ2n) is 2.90. The molecule has 1 aliphatic rings. The van der Waals surface area contributed by atoms with E-state index in [4.69, 9.17) is 4.74 Å². The molecule has 1 aromatic carbocycles. The van der Waals surface area contributed by atoms with E-state index in [1.54, 1.807) is 0 Å². The Labute approximate surface area is 85.8 Å². The van der Waals surface area contributed by atoms with Gasteiger partial charge in [0, 0.05) is 22.7 Å². The molecule has 0 saturated heterocycles. The van der Waals surface area contributed by atoms with Crippen molar-refractivity contribution in [2.24, 2.45) is 4.99 Å². The van der Waals surface area contributed by atoms with Crippen molar-refractivity contribution in [3.63, 3.8) is 0 Å². The molecule has 1 heterocycles. The summed E-state index contributed by atoms with van der Waals surface area (Å²) in [6.07, 6.45) is 2.75. The van der Waals surface area contributed by atoms with E-state index in [2.05, 4.69) is 20.9 Å². The quantitative estimate of drug-likeness (QED) is 0.739. The standard InChI is InChI=1S/C10H10BrNO/c11-9-4-2-8(3-5-9)10-12-6-1-7-13-10/h2-6,10H,1,7H2. The van der Waals surface area contributed by atoms with Gasteiger partial charge in [0.25, 0.3) is 0 Å². The van der Waals surface area contributed by atoms with E-state index in [0.29, 0.717) is 0 Å². The number of benzene rings is 1. The number of hydrogen-bond donors (Lipinski definition) is 0. The van der Waals surface area contributed by atoms with Crippen LogP contribution in [0.2, 0.25) is 0 Å². The Morgan fingerprint density at radius 2 is 2.08 bits per heavy atom. The largest absolute Gasteiger partial charge is 0.352 e. The first-order chi connectivity index (χ1) is 6.36. The second-order valence-corrected chi connectivity index (χ2v) is 3.81. The number of aliphatic imine (C=N–C) groups is 1. The Morgan fingerprint density at radius 1 is 1.31 bits per heavy atom. The van der Waals surface area contributed by atoms with Crippen LogP contribution in [0.4, 0.5) is 0 Å². The van der Waals surface area contributed by atoms with Crippen LogP contribution in [0.25, 0.3) is 0 Å². The Bertz CT molecular complexity index is 307. The molecule has 1 unspecified atom stereocenters. The van der Waals surface area contributed by atoms with Gasteiger partial charge in [-0.15, -0.1) is 0 Å². The molecule has 1 atom stereocenters. The van der Waals surface area contributed by atoms with Gasteiger partial charge in [-0.25, -0.2) is 0 Å². The lowest BCUT2D eigenvalue weighted by atomic mass is 10.2. The van der Waals surface area contributed by atoms with Gasteiger partial charge in [-0.1, -0.05) is 28.1 Å². The van der Waals surface area contributed by atoms with Crippen LogP contribution in [-0.2, 0) is 4.74 Å². The Morgan fingerprint density at radius 3 is 2.69 bits per heavy atom. The lowest BCUT2D eigenvalue weighted by Gasteiger charge is -2.16. The van der Waals surface area contributed by atoms with Gasteiger partial charge in [-0.2, -0.15) is 0 Å². The Hall–Kier alpha value is -0.670. The molecule has 0 radical (unpaired) electrons. The molecular weight excluding hydrogens is 230 g/mol. The predicted molar refractivity (Wildman–Crippen MR) is 55.9 cm³/mol. The zero-order valence-corrected chi connectivity index (χ0v) is 8.70. The minimum Gasteiger partial charge on any atom is -0.352 e. The van der Waals surface area contributed by atoms with E-state index in [0.717, 1.165) is 23.1 Å². The third-order valence-corrected chi connectivity index (χ3v) is 2.45. The summed E-state index contributed by atoms with van der Waals surface area (Å²) >= 11 is 3.39. The van der Waals surface area contributed by atoms with E-state index in [9.17, 15) is 0 Å². The molecule has 1 aromatic rings. The van der Waals surface area contributed by atoms with Crippen molar-refractivity contribution in [1.82, 2.24) is 0 Å². The Balaban J connectivity index is 2.19. The monoisotopic (exact) mass is 239 g/mol. The maximum absolute atomic E-state index is 5.49. The summed E-state index contributed by atoms with van der Waals surface area (Å²) in [7, 11) is 0. The fraction of sp³-hybridized carbons (Fsp3) is 0.300. The number of halogens is 1. The molecule has 0 saturated carbocycles. The molecule has 3 heteroatoms. The van der Waals surface area contributed by atoms with Gasteiger partial charge in [0.1, 0.15) is 0 Å². The van der Waals surface area contributed by atoms with Gasteiger partial charge in [0.05, 0.1) is 6.61 Å². The van der Waals surface area contributed by atoms with Crippen molar-refractivity contribution in [1.29, 1.82) is 0 Å². The molecule has 2 rings (SSSR count). The number of nitrogens with zero attached hydrogens (tertiary/aromatic N) is 1. The van der Waals surface area contributed by atoms with Crippen molar-refractivity contribution in [3.8, 4) is 0 Å². The van der Waals surface area contributed by atoms with Gasteiger partial charge < -0.3 is 4.74 Å². The van der Waals surface area contributed by atoms with E-state index >= 15 is 0 Å². The van der Waals surface area contributed by atoms with Crippen LogP contribution < -0.4 is 0 Å². The highest BCUT2D eigenvalue weighted by Gasteiger charge is 2.11. The fourth-order valence-corrected chi connectivity index (χ4v) is 1.52. The predicted octanol–water partition coefficient (Wildman–Crippen LogP) is 2.94. The molecule has 0 bridgehead atoms. The van der Waals surface area contributed by atoms with Crippen LogP contribution in [0.15, 0.2) is 33.7 Å². The first-order valence-electron chi connectivity index (χ1n) is 4.25. The lowest BCUT2D eigenvalue weighted by Crippen LogP contribution is -2.08. The maximum Gasteiger partial charge on any atom is 0.173 e. The van der Waals surface area contributed by atoms with Crippen molar-refractivity contribution in [2.75, 3.05) is 6.61 Å². The maximum atomic E-state index is 5.49. The topological polar surface area (TPSA) is 21.6 Å². The van der Waals surface area contributed by atoms with Crippen LogP contribution in [0.5, 0.6) is 0 Å². The van der Waals surface area contributed by atoms with Crippen LogP contribution in [0.1, 0.15) is 18.2 Å². The first-order valence-corrected chi connectivity index (χ1v) is 5.04. The van der Waals surface area contributed by atoms with Gasteiger partial charge in [-0.3, -0.25) is 4.99 Å². The van der Waals surface area contributed by atoms with Crippen molar-refractivity contribution < 1.29 is 4.74 Å². The van der Waals surface area contributed by atoms with Crippen LogP contribution in [-0.4, -0.2) is 12.8 Å². The normalized spacial score (nSPS) is 21.8. The molecular formula is C10H10BrNO. The molecule has 1 aliphatic heterocycles. The summed E-state index contributed by atoms with van der Waals surface area (Å²) in [4.78, 5) is 4.27. The zero-order valence-electron chi connectivity index (χ0n) is 7.11. The first kappa shape index (κ1) is 8.91. The van der Waals surface area contributed by atoms with Crippen LogP contribution in [0.3, 0.4) is 0 Å². The molecule has 68 valence electrons. The summed E-state index contributed by atoms with van der Waals surface area (Å²) in [5.41, 5.74) is 1.11. The third kappa shape index (κ3) is 2.17. The van der Waals surface area contributed by atoms with Crippen LogP contribution in [0, 0.1) is 0 Å². The fourth-order valence-electron chi connectivity index (χ4n) is 1.26. The van der Waals surface area contributed by atoms with Gasteiger partial charge in [0.15, 0.2) is 6.23 Å². The molecule has 0 spiro atoms. The molecule has 0 N–H and O–H groups in total. The molecule has 2 nitrogen and oxygen atoms in total.